The number of terminal acetylenes is 1. The molecule has 0 radical (unpaired) electrons. The molecule has 1 amide bonds. The average Bonchev–Trinajstić information content (AvgIpc) is 2.12. The Morgan fingerprint density at radius 3 is 2.56 bits per heavy atom. The predicted molar refractivity (Wildman–Crippen MR) is 66.8 cm³/mol. The summed E-state index contributed by atoms with van der Waals surface area (Å²) in [4.78, 5) is 13.6. The van der Waals surface area contributed by atoms with Gasteiger partial charge >= 0.3 is 0 Å². The van der Waals surface area contributed by atoms with Gasteiger partial charge in [-0.15, -0.1) is 12.3 Å². The van der Waals surface area contributed by atoms with Gasteiger partial charge < -0.3 is 16.0 Å². The molecule has 1 unspecified atom stereocenters. The van der Waals surface area contributed by atoms with Crippen molar-refractivity contribution >= 4 is 5.91 Å². The largest absolute Gasteiger partial charge is 0.354 e. The number of amides is 1. The van der Waals surface area contributed by atoms with E-state index in [4.69, 9.17) is 12.2 Å². The van der Waals surface area contributed by atoms with E-state index in [0.717, 1.165) is 6.54 Å². The van der Waals surface area contributed by atoms with E-state index in [-0.39, 0.29) is 17.7 Å². The number of hydrogen-bond acceptors (Lipinski definition) is 3. The zero-order chi connectivity index (χ0) is 12.8. The van der Waals surface area contributed by atoms with Gasteiger partial charge in [0.15, 0.2) is 0 Å². The highest BCUT2D eigenvalue weighted by molar-refractivity contribution is 5.81. The number of rotatable bonds is 6. The molecule has 0 aliphatic heterocycles. The van der Waals surface area contributed by atoms with E-state index >= 15 is 0 Å². The molecule has 0 aromatic rings. The molecule has 0 aromatic carbocycles. The zero-order valence-corrected chi connectivity index (χ0v) is 10.7. The number of hydrogen-bond donors (Lipinski definition) is 2. The third-order valence-corrected chi connectivity index (χ3v) is 2.16. The first-order valence-corrected chi connectivity index (χ1v) is 5.40. The van der Waals surface area contributed by atoms with Crippen LogP contribution in [-0.2, 0) is 4.79 Å². The first kappa shape index (κ1) is 14.9. The second kappa shape index (κ2) is 6.51. The number of nitrogens with one attached hydrogen (secondary N) is 1. The molecule has 0 aromatic heterocycles. The van der Waals surface area contributed by atoms with E-state index in [0.29, 0.717) is 6.54 Å². The Balaban J connectivity index is 4.04. The van der Waals surface area contributed by atoms with E-state index < -0.39 is 6.04 Å². The van der Waals surface area contributed by atoms with Gasteiger partial charge in [0, 0.05) is 19.5 Å². The summed E-state index contributed by atoms with van der Waals surface area (Å²) in [6, 6.07) is -0.597. The highest BCUT2D eigenvalue weighted by Crippen LogP contribution is 2.14. The van der Waals surface area contributed by atoms with Gasteiger partial charge in [-0.2, -0.15) is 0 Å². The number of nitrogens with zero attached hydrogens (tertiary/aromatic N) is 1. The standard InChI is InChI=1S/C12H23N3O/c1-6-7-10(13)11(16)14-8-12(2,3)9-15(4)5/h1,10H,7-9,13H2,2-5H3,(H,14,16). The predicted octanol–water partition coefficient (Wildman–Crippen LogP) is 0.0410. The minimum atomic E-state index is -0.597. The van der Waals surface area contributed by atoms with Gasteiger partial charge in [-0.1, -0.05) is 13.8 Å². The quantitative estimate of drug-likeness (QED) is 0.628. The molecular weight excluding hydrogens is 202 g/mol. The zero-order valence-electron chi connectivity index (χ0n) is 10.7. The van der Waals surface area contributed by atoms with Crippen molar-refractivity contribution in [2.75, 3.05) is 27.2 Å². The maximum Gasteiger partial charge on any atom is 0.237 e. The lowest BCUT2D eigenvalue weighted by Crippen LogP contribution is -2.46. The van der Waals surface area contributed by atoms with Gasteiger partial charge in [0.1, 0.15) is 0 Å². The molecule has 0 heterocycles. The molecule has 0 bridgehead atoms. The second-order valence-corrected chi connectivity index (χ2v) is 5.13. The maximum absolute atomic E-state index is 11.5. The van der Waals surface area contributed by atoms with E-state index in [1.54, 1.807) is 0 Å². The average molecular weight is 225 g/mol. The van der Waals surface area contributed by atoms with Crippen molar-refractivity contribution in [1.82, 2.24) is 10.2 Å². The van der Waals surface area contributed by atoms with Crippen LogP contribution in [0.1, 0.15) is 20.3 Å². The Morgan fingerprint density at radius 1 is 1.56 bits per heavy atom. The molecule has 16 heavy (non-hydrogen) atoms. The third-order valence-electron chi connectivity index (χ3n) is 2.16. The van der Waals surface area contributed by atoms with Crippen molar-refractivity contribution in [2.45, 2.75) is 26.3 Å². The molecule has 0 fully saturated rings. The summed E-state index contributed by atoms with van der Waals surface area (Å²) >= 11 is 0. The fourth-order valence-corrected chi connectivity index (χ4v) is 1.59. The van der Waals surface area contributed by atoms with E-state index in [9.17, 15) is 4.79 Å². The van der Waals surface area contributed by atoms with Crippen molar-refractivity contribution < 1.29 is 4.79 Å². The molecule has 0 aliphatic rings. The lowest BCUT2D eigenvalue weighted by molar-refractivity contribution is -0.122. The molecule has 1 atom stereocenters. The minimum absolute atomic E-state index is 0.0228. The molecule has 0 rings (SSSR count). The van der Waals surface area contributed by atoms with Crippen LogP contribution < -0.4 is 11.1 Å². The van der Waals surface area contributed by atoms with Gasteiger partial charge in [-0.25, -0.2) is 0 Å². The van der Waals surface area contributed by atoms with Crippen LogP contribution in [0.3, 0.4) is 0 Å². The lowest BCUT2D eigenvalue weighted by atomic mass is 9.93. The number of carbonyl (C=O) groups is 1. The minimum Gasteiger partial charge on any atom is -0.354 e. The summed E-state index contributed by atoms with van der Waals surface area (Å²) in [6.45, 7) is 5.69. The SMILES string of the molecule is C#CCC(N)C(=O)NCC(C)(C)CN(C)C. The first-order chi connectivity index (χ1) is 7.28. The Kier molecular flexibility index (Phi) is 6.09. The highest BCUT2D eigenvalue weighted by atomic mass is 16.2. The van der Waals surface area contributed by atoms with Crippen molar-refractivity contribution in [3.63, 3.8) is 0 Å². The topological polar surface area (TPSA) is 58.4 Å². The summed E-state index contributed by atoms with van der Waals surface area (Å²) in [6.07, 6.45) is 5.38. The van der Waals surface area contributed by atoms with Gasteiger partial charge in [0.05, 0.1) is 6.04 Å². The maximum atomic E-state index is 11.5. The first-order valence-electron chi connectivity index (χ1n) is 5.40. The summed E-state index contributed by atoms with van der Waals surface area (Å²) < 4.78 is 0. The molecular formula is C12H23N3O. The fourth-order valence-electron chi connectivity index (χ4n) is 1.59. The Labute approximate surface area is 98.6 Å². The van der Waals surface area contributed by atoms with Crippen molar-refractivity contribution in [2.24, 2.45) is 11.1 Å². The van der Waals surface area contributed by atoms with Crippen molar-refractivity contribution in [3.05, 3.63) is 0 Å². The fraction of sp³-hybridized carbons (Fsp3) is 0.750. The smallest absolute Gasteiger partial charge is 0.237 e. The molecule has 0 saturated heterocycles. The second-order valence-electron chi connectivity index (χ2n) is 5.13. The Hall–Kier alpha value is -1.05. The van der Waals surface area contributed by atoms with Gasteiger partial charge in [0.25, 0.3) is 0 Å². The van der Waals surface area contributed by atoms with Crippen molar-refractivity contribution in [3.8, 4) is 12.3 Å². The number of carbonyl (C=O) groups excluding carboxylic acids is 1. The molecule has 3 N–H and O–H groups in total. The van der Waals surface area contributed by atoms with Crippen LogP contribution in [0, 0.1) is 17.8 Å². The van der Waals surface area contributed by atoms with Crippen LogP contribution in [0.25, 0.3) is 0 Å². The van der Waals surface area contributed by atoms with Gasteiger partial charge in [0.2, 0.25) is 5.91 Å². The van der Waals surface area contributed by atoms with Crippen LogP contribution in [0.5, 0.6) is 0 Å². The summed E-state index contributed by atoms with van der Waals surface area (Å²) in [5.74, 6) is 2.21. The molecule has 0 aliphatic carbocycles. The third kappa shape index (κ3) is 6.44. The van der Waals surface area contributed by atoms with Gasteiger partial charge in [-0.05, 0) is 19.5 Å². The van der Waals surface area contributed by atoms with Crippen molar-refractivity contribution in [1.29, 1.82) is 0 Å². The molecule has 0 spiro atoms. The van der Waals surface area contributed by atoms with Crippen LogP contribution >= 0.6 is 0 Å². The van der Waals surface area contributed by atoms with E-state index in [2.05, 4.69) is 30.0 Å². The van der Waals surface area contributed by atoms with Crippen LogP contribution in [-0.4, -0.2) is 44.0 Å². The normalized spacial score (nSPS) is 13.3. The Bertz CT molecular complexity index is 266. The molecule has 4 nitrogen and oxygen atoms in total. The Morgan fingerprint density at radius 2 is 2.12 bits per heavy atom. The van der Waals surface area contributed by atoms with Gasteiger partial charge in [-0.3, -0.25) is 4.79 Å². The summed E-state index contributed by atoms with van der Waals surface area (Å²) in [5, 5.41) is 2.83. The van der Waals surface area contributed by atoms with Crippen LogP contribution in [0.4, 0.5) is 0 Å². The van der Waals surface area contributed by atoms with E-state index in [1.165, 1.54) is 0 Å². The molecule has 0 saturated carbocycles. The summed E-state index contributed by atoms with van der Waals surface area (Å²) in [5.41, 5.74) is 5.62. The van der Waals surface area contributed by atoms with E-state index in [1.807, 2.05) is 14.1 Å². The lowest BCUT2D eigenvalue weighted by Gasteiger charge is -2.28. The monoisotopic (exact) mass is 225 g/mol. The molecule has 92 valence electrons. The van der Waals surface area contributed by atoms with Crippen LogP contribution in [0.15, 0.2) is 0 Å². The molecule has 4 heteroatoms. The summed E-state index contributed by atoms with van der Waals surface area (Å²) in [7, 11) is 4.02. The highest BCUT2D eigenvalue weighted by Gasteiger charge is 2.21. The van der Waals surface area contributed by atoms with Crippen LogP contribution in [0.2, 0.25) is 0 Å². The number of nitrogens with two attached hydrogens (primary N) is 1.